The fraction of sp³-hybridized carbons (Fsp3) is 0.538. The Bertz CT molecular complexity index is 563. The van der Waals surface area contributed by atoms with Gasteiger partial charge in [0.1, 0.15) is 11.2 Å². The molecule has 0 aliphatic heterocycles. The second-order valence-corrected chi connectivity index (χ2v) is 5.17. The molecule has 2 unspecified atom stereocenters. The molecule has 0 saturated heterocycles. The van der Waals surface area contributed by atoms with E-state index >= 15 is 0 Å². The van der Waals surface area contributed by atoms with E-state index in [1.165, 1.54) is 6.20 Å². The molecule has 1 heterocycles. The normalized spacial score (nSPS) is 25.9. The van der Waals surface area contributed by atoms with Crippen LogP contribution in [0.15, 0.2) is 17.2 Å². The molecule has 0 spiro atoms. The number of hydrogen-bond acceptors (Lipinski definition) is 4. The van der Waals surface area contributed by atoms with Gasteiger partial charge >= 0.3 is 5.97 Å². The van der Waals surface area contributed by atoms with E-state index in [4.69, 9.17) is 0 Å². The molecule has 7 nitrogen and oxygen atoms in total. The average Bonchev–Trinajstić information content (AvgIpc) is 2.42. The zero-order valence-corrected chi connectivity index (χ0v) is 11.2. The highest BCUT2D eigenvalue weighted by atomic mass is 16.4. The van der Waals surface area contributed by atoms with Crippen LogP contribution in [0.4, 0.5) is 0 Å². The summed E-state index contributed by atoms with van der Waals surface area (Å²) in [5, 5.41) is 12.1. The lowest BCUT2D eigenvalue weighted by atomic mass is 9.73. The smallest absolute Gasteiger partial charge is 0.329 e. The summed E-state index contributed by atoms with van der Waals surface area (Å²) >= 11 is 0. The van der Waals surface area contributed by atoms with Crippen molar-refractivity contribution in [3.05, 3.63) is 28.4 Å². The number of aromatic nitrogens is 2. The number of carbonyl (C=O) groups excluding carboxylic acids is 1. The second kappa shape index (κ2) is 5.44. The molecule has 2 atom stereocenters. The number of carboxylic acids is 1. The molecule has 1 aromatic rings. The van der Waals surface area contributed by atoms with Crippen molar-refractivity contribution >= 4 is 11.9 Å². The van der Waals surface area contributed by atoms with E-state index in [1.54, 1.807) is 0 Å². The van der Waals surface area contributed by atoms with Crippen LogP contribution in [0.2, 0.25) is 0 Å². The fourth-order valence-electron chi connectivity index (χ4n) is 2.64. The topological polar surface area (TPSA) is 112 Å². The molecule has 1 fully saturated rings. The predicted molar refractivity (Wildman–Crippen MR) is 70.3 cm³/mol. The Kier molecular flexibility index (Phi) is 3.87. The van der Waals surface area contributed by atoms with E-state index in [0.29, 0.717) is 6.42 Å². The van der Waals surface area contributed by atoms with Gasteiger partial charge in [-0.1, -0.05) is 19.8 Å². The van der Waals surface area contributed by atoms with Gasteiger partial charge in [-0.15, -0.1) is 0 Å². The first-order valence-corrected chi connectivity index (χ1v) is 6.56. The van der Waals surface area contributed by atoms with Gasteiger partial charge in [0.2, 0.25) is 0 Å². The molecule has 1 aromatic heterocycles. The number of aliphatic carboxylic acids is 1. The Balaban J connectivity index is 2.24. The summed E-state index contributed by atoms with van der Waals surface area (Å²) in [5.74, 6) is -1.76. The Hall–Kier alpha value is -2.18. The van der Waals surface area contributed by atoms with Gasteiger partial charge in [0.15, 0.2) is 0 Å². The average molecular weight is 279 g/mol. The van der Waals surface area contributed by atoms with Gasteiger partial charge in [-0.05, 0) is 18.8 Å². The third-order valence-corrected chi connectivity index (χ3v) is 3.92. The largest absolute Gasteiger partial charge is 0.479 e. The molecule has 0 aromatic carbocycles. The standard InChI is InChI=1S/C13H17N3O4/c1-8-4-2-3-5-13(8,12(19)20)16-11(18)9-6-15-10(17)7-14-9/h6-8H,2-5H2,1H3,(H,15,17)(H,16,18)(H,19,20). The summed E-state index contributed by atoms with van der Waals surface area (Å²) in [5.41, 5.74) is -1.67. The third-order valence-electron chi connectivity index (χ3n) is 3.92. The lowest BCUT2D eigenvalue weighted by Crippen LogP contribution is -2.60. The number of hydrogen-bond donors (Lipinski definition) is 3. The molecule has 2 rings (SSSR count). The lowest BCUT2D eigenvalue weighted by molar-refractivity contribution is -0.148. The van der Waals surface area contributed by atoms with Gasteiger partial charge in [-0.3, -0.25) is 9.59 Å². The highest BCUT2D eigenvalue weighted by molar-refractivity contribution is 5.96. The summed E-state index contributed by atoms with van der Waals surface area (Å²) in [7, 11) is 0. The Morgan fingerprint density at radius 1 is 1.50 bits per heavy atom. The minimum Gasteiger partial charge on any atom is -0.479 e. The van der Waals surface area contributed by atoms with E-state index in [2.05, 4.69) is 15.3 Å². The van der Waals surface area contributed by atoms with Crippen molar-refractivity contribution in [1.82, 2.24) is 15.3 Å². The predicted octanol–water partition coefficient (Wildman–Crippen LogP) is 0.533. The molecular weight excluding hydrogens is 262 g/mol. The zero-order valence-electron chi connectivity index (χ0n) is 11.2. The first kappa shape index (κ1) is 14.2. The van der Waals surface area contributed by atoms with Gasteiger partial charge in [0, 0.05) is 6.20 Å². The number of nitrogens with one attached hydrogen (secondary N) is 2. The Labute approximate surface area is 115 Å². The quantitative estimate of drug-likeness (QED) is 0.747. The van der Waals surface area contributed by atoms with Crippen molar-refractivity contribution in [3.8, 4) is 0 Å². The summed E-state index contributed by atoms with van der Waals surface area (Å²) in [4.78, 5) is 40.7. The minimum absolute atomic E-state index is 0.00278. The van der Waals surface area contributed by atoms with Crippen LogP contribution in [0.3, 0.4) is 0 Å². The zero-order chi connectivity index (χ0) is 14.8. The first-order chi connectivity index (χ1) is 9.45. The molecule has 3 N–H and O–H groups in total. The van der Waals surface area contributed by atoms with E-state index in [1.807, 2.05) is 6.92 Å². The molecule has 7 heteroatoms. The van der Waals surface area contributed by atoms with Gasteiger partial charge in [-0.25, -0.2) is 9.78 Å². The van der Waals surface area contributed by atoms with E-state index in [-0.39, 0.29) is 11.6 Å². The molecule has 0 bridgehead atoms. The Morgan fingerprint density at radius 3 is 2.80 bits per heavy atom. The van der Waals surface area contributed by atoms with Crippen molar-refractivity contribution in [1.29, 1.82) is 0 Å². The number of carboxylic acid groups (broad SMARTS) is 1. The number of aromatic amines is 1. The van der Waals surface area contributed by atoms with Crippen LogP contribution < -0.4 is 10.9 Å². The highest BCUT2D eigenvalue weighted by Crippen LogP contribution is 2.34. The van der Waals surface area contributed by atoms with Crippen molar-refractivity contribution < 1.29 is 14.7 Å². The fourth-order valence-corrected chi connectivity index (χ4v) is 2.64. The number of carbonyl (C=O) groups is 2. The highest BCUT2D eigenvalue weighted by Gasteiger charge is 2.46. The number of nitrogens with zero attached hydrogens (tertiary/aromatic N) is 1. The van der Waals surface area contributed by atoms with Crippen LogP contribution in [0.25, 0.3) is 0 Å². The first-order valence-electron chi connectivity index (χ1n) is 6.56. The van der Waals surface area contributed by atoms with E-state index in [9.17, 15) is 19.5 Å². The van der Waals surface area contributed by atoms with Crippen LogP contribution in [0, 0.1) is 5.92 Å². The molecule has 1 aliphatic carbocycles. The lowest BCUT2D eigenvalue weighted by Gasteiger charge is -2.39. The van der Waals surface area contributed by atoms with Crippen molar-refractivity contribution in [2.75, 3.05) is 0 Å². The minimum atomic E-state index is -1.26. The monoisotopic (exact) mass is 279 g/mol. The van der Waals surface area contributed by atoms with Crippen LogP contribution in [0.1, 0.15) is 43.1 Å². The maximum absolute atomic E-state index is 12.1. The molecule has 0 radical (unpaired) electrons. The van der Waals surface area contributed by atoms with Crippen LogP contribution in [-0.2, 0) is 4.79 Å². The van der Waals surface area contributed by atoms with E-state index in [0.717, 1.165) is 25.5 Å². The van der Waals surface area contributed by atoms with Gasteiger partial charge < -0.3 is 15.4 Å². The number of H-pyrrole nitrogens is 1. The maximum atomic E-state index is 12.1. The summed E-state index contributed by atoms with van der Waals surface area (Å²) in [6, 6.07) is 0. The molecule has 1 amide bonds. The number of amides is 1. The summed E-state index contributed by atoms with van der Waals surface area (Å²) in [6.07, 6.45) is 5.05. The van der Waals surface area contributed by atoms with Crippen LogP contribution in [0.5, 0.6) is 0 Å². The van der Waals surface area contributed by atoms with Gasteiger partial charge in [0.25, 0.3) is 11.5 Å². The molecule has 108 valence electrons. The molecule has 1 saturated carbocycles. The summed E-state index contributed by atoms with van der Waals surface area (Å²) in [6.45, 7) is 1.83. The molecule has 1 aliphatic rings. The Morgan fingerprint density at radius 2 is 2.25 bits per heavy atom. The molecular formula is C13H17N3O4. The second-order valence-electron chi connectivity index (χ2n) is 5.17. The van der Waals surface area contributed by atoms with E-state index < -0.39 is 23.0 Å². The SMILES string of the molecule is CC1CCCCC1(NC(=O)c1c[nH]c(=O)cn1)C(=O)O. The third kappa shape index (κ3) is 2.56. The molecule has 20 heavy (non-hydrogen) atoms. The maximum Gasteiger partial charge on any atom is 0.329 e. The van der Waals surface area contributed by atoms with Crippen molar-refractivity contribution in [2.45, 2.75) is 38.1 Å². The summed E-state index contributed by atoms with van der Waals surface area (Å²) < 4.78 is 0. The van der Waals surface area contributed by atoms with Crippen molar-refractivity contribution in [3.63, 3.8) is 0 Å². The van der Waals surface area contributed by atoms with Crippen LogP contribution >= 0.6 is 0 Å². The van der Waals surface area contributed by atoms with Gasteiger partial charge in [0.05, 0.1) is 6.20 Å². The van der Waals surface area contributed by atoms with Gasteiger partial charge in [-0.2, -0.15) is 0 Å². The number of rotatable bonds is 3. The van der Waals surface area contributed by atoms with Crippen molar-refractivity contribution in [2.24, 2.45) is 5.92 Å². The van der Waals surface area contributed by atoms with Crippen LogP contribution in [-0.4, -0.2) is 32.5 Å².